The molecule has 2 heterocycles. The van der Waals surface area contributed by atoms with E-state index in [9.17, 15) is 5.11 Å². The van der Waals surface area contributed by atoms with Gasteiger partial charge in [0.15, 0.2) is 11.3 Å². The van der Waals surface area contributed by atoms with Gasteiger partial charge in [-0.1, -0.05) is 22.0 Å². The summed E-state index contributed by atoms with van der Waals surface area (Å²) in [5.41, 5.74) is 2.21. The molecule has 0 saturated carbocycles. The summed E-state index contributed by atoms with van der Waals surface area (Å²) in [5, 5.41) is 10.1. The first-order chi connectivity index (χ1) is 9.78. The van der Waals surface area contributed by atoms with Crippen molar-refractivity contribution in [2.45, 2.75) is 13.2 Å². The molecule has 0 atom stereocenters. The van der Waals surface area contributed by atoms with Crippen LogP contribution in [0, 0.1) is 0 Å². The Kier molecular flexibility index (Phi) is 3.71. The molecule has 4 nitrogen and oxygen atoms in total. The number of fused-ring (bicyclic) bond motifs is 1. The molecule has 0 amide bonds. The molecule has 3 aromatic rings. The van der Waals surface area contributed by atoms with E-state index in [2.05, 4.69) is 20.9 Å². The summed E-state index contributed by atoms with van der Waals surface area (Å²) in [6.07, 6.45) is 3.27. The monoisotopic (exact) mass is 333 g/mol. The molecule has 0 aliphatic carbocycles. The fourth-order valence-electron chi connectivity index (χ4n) is 1.99. The van der Waals surface area contributed by atoms with Gasteiger partial charge in [-0.25, -0.2) is 0 Å². The zero-order valence-electron chi connectivity index (χ0n) is 10.5. The number of aliphatic hydroxyl groups excluding tert-OH is 1. The highest BCUT2D eigenvalue weighted by Gasteiger charge is 2.12. The van der Waals surface area contributed by atoms with Crippen molar-refractivity contribution in [3.8, 4) is 5.75 Å². The zero-order chi connectivity index (χ0) is 13.9. The molecule has 0 radical (unpaired) electrons. The van der Waals surface area contributed by atoms with Crippen LogP contribution in [0.25, 0.3) is 11.0 Å². The first-order valence-electron chi connectivity index (χ1n) is 6.11. The average molecular weight is 334 g/mol. The predicted molar refractivity (Wildman–Crippen MR) is 78.4 cm³/mol. The Morgan fingerprint density at radius 3 is 2.95 bits per heavy atom. The zero-order valence-corrected chi connectivity index (χ0v) is 12.1. The van der Waals surface area contributed by atoms with Gasteiger partial charge >= 0.3 is 0 Å². The van der Waals surface area contributed by atoms with Crippen LogP contribution in [0.5, 0.6) is 5.75 Å². The summed E-state index contributed by atoms with van der Waals surface area (Å²) in [6, 6.07) is 9.42. The molecule has 2 aromatic heterocycles. The summed E-state index contributed by atoms with van der Waals surface area (Å²) in [7, 11) is 0. The first kappa shape index (κ1) is 13.1. The van der Waals surface area contributed by atoms with E-state index in [-0.39, 0.29) is 6.61 Å². The van der Waals surface area contributed by atoms with Crippen molar-refractivity contribution in [3.63, 3.8) is 0 Å². The van der Waals surface area contributed by atoms with Gasteiger partial charge in [0.1, 0.15) is 6.61 Å². The van der Waals surface area contributed by atoms with Gasteiger partial charge in [-0.3, -0.25) is 4.98 Å². The maximum atomic E-state index is 9.29. The molecule has 0 unspecified atom stereocenters. The highest BCUT2D eigenvalue weighted by Crippen LogP contribution is 2.34. The Hall–Kier alpha value is -1.85. The fourth-order valence-corrected chi connectivity index (χ4v) is 2.42. The van der Waals surface area contributed by atoms with Gasteiger partial charge in [-0.2, -0.15) is 0 Å². The molecule has 20 heavy (non-hydrogen) atoms. The number of pyridine rings is 1. The van der Waals surface area contributed by atoms with Gasteiger partial charge in [-0.15, -0.1) is 0 Å². The predicted octanol–water partition coefficient (Wildman–Crippen LogP) is 3.66. The lowest BCUT2D eigenvalue weighted by Crippen LogP contribution is -1.97. The Balaban J connectivity index is 1.93. The molecule has 0 fully saturated rings. The van der Waals surface area contributed by atoms with Gasteiger partial charge < -0.3 is 14.3 Å². The lowest BCUT2D eigenvalue weighted by Gasteiger charge is -2.07. The lowest BCUT2D eigenvalue weighted by molar-refractivity contribution is 0.281. The van der Waals surface area contributed by atoms with Crippen LogP contribution in [0.4, 0.5) is 0 Å². The van der Waals surface area contributed by atoms with Crippen LogP contribution in [0.15, 0.2) is 51.7 Å². The average Bonchev–Trinajstić information content (AvgIpc) is 2.88. The van der Waals surface area contributed by atoms with Crippen molar-refractivity contribution in [3.05, 3.63) is 58.5 Å². The van der Waals surface area contributed by atoms with Crippen LogP contribution in [0.2, 0.25) is 0 Å². The van der Waals surface area contributed by atoms with E-state index in [0.717, 1.165) is 21.1 Å². The Labute approximate surface area is 124 Å². The van der Waals surface area contributed by atoms with Crippen LogP contribution >= 0.6 is 15.9 Å². The molecule has 0 saturated heterocycles. The molecule has 0 aliphatic heterocycles. The number of aromatic nitrogens is 1. The number of halogens is 1. The Morgan fingerprint density at radius 1 is 1.30 bits per heavy atom. The highest BCUT2D eigenvalue weighted by atomic mass is 79.9. The SMILES string of the molecule is OCc1coc2c(OCc3ccccn3)cc(Br)cc12. The highest BCUT2D eigenvalue weighted by molar-refractivity contribution is 9.10. The van der Waals surface area contributed by atoms with Crippen molar-refractivity contribution in [1.29, 1.82) is 0 Å². The second-order valence-electron chi connectivity index (χ2n) is 4.31. The van der Waals surface area contributed by atoms with Crippen molar-refractivity contribution in [1.82, 2.24) is 4.98 Å². The molecular weight excluding hydrogens is 322 g/mol. The molecule has 0 spiro atoms. The molecule has 1 aromatic carbocycles. The minimum absolute atomic E-state index is 0.0663. The van der Waals surface area contributed by atoms with Gasteiger partial charge in [0.2, 0.25) is 0 Å². The fraction of sp³-hybridized carbons (Fsp3) is 0.133. The van der Waals surface area contributed by atoms with Gasteiger partial charge in [0, 0.05) is 21.6 Å². The maximum absolute atomic E-state index is 9.29. The number of rotatable bonds is 4. The van der Waals surface area contributed by atoms with Crippen LogP contribution in [0.1, 0.15) is 11.3 Å². The molecule has 3 rings (SSSR count). The Morgan fingerprint density at radius 2 is 2.20 bits per heavy atom. The number of aliphatic hydroxyl groups is 1. The number of hydrogen-bond acceptors (Lipinski definition) is 4. The minimum atomic E-state index is -0.0663. The third-order valence-electron chi connectivity index (χ3n) is 2.96. The van der Waals surface area contributed by atoms with Crippen molar-refractivity contribution < 1.29 is 14.3 Å². The lowest BCUT2D eigenvalue weighted by atomic mass is 10.2. The smallest absolute Gasteiger partial charge is 0.176 e. The summed E-state index contributed by atoms with van der Waals surface area (Å²) < 4.78 is 12.1. The van der Waals surface area contributed by atoms with E-state index in [1.165, 1.54) is 0 Å². The Bertz CT molecular complexity index is 725. The molecular formula is C15H12BrNO3. The van der Waals surface area contributed by atoms with E-state index in [4.69, 9.17) is 9.15 Å². The van der Waals surface area contributed by atoms with Crippen molar-refractivity contribution in [2.75, 3.05) is 0 Å². The van der Waals surface area contributed by atoms with E-state index in [1.54, 1.807) is 12.5 Å². The molecule has 1 N–H and O–H groups in total. The maximum Gasteiger partial charge on any atom is 0.176 e. The molecule has 102 valence electrons. The third kappa shape index (κ3) is 2.55. The van der Waals surface area contributed by atoms with Gasteiger partial charge in [0.05, 0.1) is 18.6 Å². The molecule has 5 heteroatoms. The van der Waals surface area contributed by atoms with Crippen molar-refractivity contribution >= 4 is 26.9 Å². The van der Waals surface area contributed by atoms with Crippen molar-refractivity contribution in [2.24, 2.45) is 0 Å². The summed E-state index contributed by atoms with van der Waals surface area (Å²) in [6.45, 7) is 0.296. The number of ether oxygens (including phenoxy) is 1. The summed E-state index contributed by atoms with van der Waals surface area (Å²) in [5.74, 6) is 0.625. The summed E-state index contributed by atoms with van der Waals surface area (Å²) >= 11 is 3.44. The number of benzene rings is 1. The molecule has 0 aliphatic rings. The van der Waals surface area contributed by atoms with Crippen LogP contribution in [-0.4, -0.2) is 10.1 Å². The largest absolute Gasteiger partial charge is 0.483 e. The van der Waals surface area contributed by atoms with E-state index in [1.807, 2.05) is 30.3 Å². The summed E-state index contributed by atoms with van der Waals surface area (Å²) in [4.78, 5) is 4.21. The van der Waals surface area contributed by atoms with Crippen LogP contribution in [0.3, 0.4) is 0 Å². The normalized spacial score (nSPS) is 10.9. The molecule has 0 bridgehead atoms. The van der Waals surface area contributed by atoms with E-state index in [0.29, 0.717) is 17.9 Å². The van der Waals surface area contributed by atoms with E-state index >= 15 is 0 Å². The standard InChI is InChI=1S/C15H12BrNO3/c16-11-5-13-10(7-18)8-20-15(13)14(6-11)19-9-12-3-1-2-4-17-12/h1-6,8,18H,7,9H2. The van der Waals surface area contributed by atoms with Crippen LogP contribution < -0.4 is 4.74 Å². The quantitative estimate of drug-likeness (QED) is 0.791. The number of hydrogen-bond donors (Lipinski definition) is 1. The number of furan rings is 1. The number of nitrogens with zero attached hydrogens (tertiary/aromatic N) is 1. The topological polar surface area (TPSA) is 55.5 Å². The minimum Gasteiger partial charge on any atom is -0.483 e. The second kappa shape index (κ2) is 5.64. The second-order valence-corrected chi connectivity index (χ2v) is 5.23. The first-order valence-corrected chi connectivity index (χ1v) is 6.90. The van der Waals surface area contributed by atoms with Gasteiger partial charge in [-0.05, 0) is 24.3 Å². The van der Waals surface area contributed by atoms with E-state index < -0.39 is 0 Å². The van der Waals surface area contributed by atoms with Crippen LogP contribution in [-0.2, 0) is 13.2 Å². The van der Waals surface area contributed by atoms with Gasteiger partial charge in [0.25, 0.3) is 0 Å². The third-order valence-corrected chi connectivity index (χ3v) is 3.41.